The lowest BCUT2D eigenvalue weighted by Gasteiger charge is -2.24. The van der Waals surface area contributed by atoms with Gasteiger partial charge in [-0.2, -0.15) is 10.4 Å². The van der Waals surface area contributed by atoms with Gasteiger partial charge in [0.1, 0.15) is 41.6 Å². The molecule has 0 spiro atoms. The number of benzene rings is 1. The lowest BCUT2D eigenvalue weighted by molar-refractivity contribution is -0.0816. The van der Waals surface area contributed by atoms with Crippen molar-refractivity contribution in [3.8, 4) is 6.07 Å². The highest BCUT2D eigenvalue weighted by atomic mass is 31.2. The van der Waals surface area contributed by atoms with Crippen LogP contribution in [-0.4, -0.2) is 65.8 Å². The van der Waals surface area contributed by atoms with E-state index in [0.717, 1.165) is 31.7 Å². The molecule has 1 unspecified atom stereocenters. The zero-order valence-corrected chi connectivity index (χ0v) is 32.5. The predicted molar refractivity (Wildman–Crippen MR) is 200 cm³/mol. The second-order valence-corrected chi connectivity index (χ2v) is 16.4. The van der Waals surface area contributed by atoms with Crippen LogP contribution < -0.4 is 5.73 Å². The summed E-state index contributed by atoms with van der Waals surface area (Å²) in [6, 6.07) is 9.17. The van der Waals surface area contributed by atoms with Gasteiger partial charge in [0.25, 0.3) is 0 Å². The van der Waals surface area contributed by atoms with Crippen molar-refractivity contribution in [2.75, 3.05) is 12.3 Å². The van der Waals surface area contributed by atoms with Gasteiger partial charge in [-0.05, 0) is 49.2 Å². The molecule has 13 nitrogen and oxygen atoms in total. The molecule has 15 heteroatoms. The van der Waals surface area contributed by atoms with Crippen LogP contribution in [-0.2, 0) is 29.7 Å². The Kier molecular flexibility index (Phi) is 15.0. The van der Waals surface area contributed by atoms with Crippen molar-refractivity contribution in [1.82, 2.24) is 14.6 Å². The van der Waals surface area contributed by atoms with E-state index < -0.39 is 49.3 Å². The molecule has 1 aliphatic carbocycles. The van der Waals surface area contributed by atoms with Crippen LogP contribution in [0.5, 0.6) is 0 Å². The van der Waals surface area contributed by atoms with Crippen molar-refractivity contribution in [1.29, 1.82) is 5.26 Å². The third-order valence-corrected chi connectivity index (χ3v) is 11.8. The maximum absolute atomic E-state index is 14.1. The summed E-state index contributed by atoms with van der Waals surface area (Å²) in [5, 5.41) is 36.0. The first-order valence-electron chi connectivity index (χ1n) is 19.6. The number of ether oxygens (including phenoxy) is 2. The zero-order chi connectivity index (χ0) is 38.8. The van der Waals surface area contributed by atoms with Gasteiger partial charge in [0.05, 0.1) is 36.6 Å². The van der Waals surface area contributed by atoms with E-state index in [0.29, 0.717) is 23.2 Å². The highest BCUT2D eigenvalue weighted by molar-refractivity contribution is 7.47. The van der Waals surface area contributed by atoms with Gasteiger partial charge in [-0.1, -0.05) is 103 Å². The highest BCUT2D eigenvalue weighted by Gasteiger charge is 2.87. The van der Waals surface area contributed by atoms with E-state index in [1.165, 1.54) is 101 Å². The number of rotatable bonds is 25. The number of aliphatic hydroxyl groups excluding tert-OH is 1. The summed E-state index contributed by atoms with van der Waals surface area (Å²) < 4.78 is 51.6. The van der Waals surface area contributed by atoms with E-state index in [1.807, 2.05) is 6.07 Å². The number of nitrogens with two attached hydrogens (primary N) is 1. The predicted octanol–water partition coefficient (Wildman–Crippen LogP) is 7.61. The van der Waals surface area contributed by atoms with E-state index in [4.69, 9.17) is 24.3 Å². The van der Waals surface area contributed by atoms with Gasteiger partial charge in [-0.25, -0.2) is 18.5 Å². The number of fused-ring (bicyclic) bond motifs is 2. The molecule has 5 N–H and O–H groups in total. The molecular formula is C39H57FN5O8P. The van der Waals surface area contributed by atoms with E-state index in [9.17, 15) is 29.3 Å². The summed E-state index contributed by atoms with van der Waals surface area (Å²) in [6.07, 6.45) is 15.5. The Morgan fingerprint density at radius 1 is 1.04 bits per heavy atom. The number of aliphatic hydroxyl groups is 2. The van der Waals surface area contributed by atoms with Crippen LogP contribution in [0.15, 0.2) is 36.7 Å². The minimum atomic E-state index is -4.80. The largest absolute Gasteiger partial charge is 0.472 e. The first-order chi connectivity index (χ1) is 25.9. The minimum absolute atomic E-state index is 0.0390. The maximum Gasteiger partial charge on any atom is 0.472 e. The molecule has 298 valence electrons. The molecule has 0 amide bonds. The van der Waals surface area contributed by atoms with E-state index in [-0.39, 0.29) is 24.6 Å². The molecule has 0 radical (unpaired) electrons. The van der Waals surface area contributed by atoms with Gasteiger partial charge < -0.3 is 30.3 Å². The lowest BCUT2D eigenvalue weighted by Crippen LogP contribution is -2.35. The molecule has 2 aliphatic rings. The third kappa shape index (κ3) is 10.2. The Morgan fingerprint density at radius 2 is 1.67 bits per heavy atom. The number of halogens is 1. The summed E-state index contributed by atoms with van der Waals surface area (Å²) in [5.41, 5.74) is 3.90. The third-order valence-electron chi connectivity index (χ3n) is 10.9. The van der Waals surface area contributed by atoms with Crippen LogP contribution in [0.1, 0.15) is 140 Å². The summed E-state index contributed by atoms with van der Waals surface area (Å²) >= 11 is 0. The van der Waals surface area contributed by atoms with Crippen LogP contribution in [0.3, 0.4) is 0 Å². The monoisotopic (exact) mass is 773 g/mol. The standard InChI is InChI=1S/C39H57FN5O8P/c1-3-4-5-6-7-8-9-10-11-12-13-14-15-16-17-18-31(50-25-29-21-28(24-41)22-30(40)23-29)26-51-54(48,49)53-37-38(2)39(37,47)35(46)34(52-38)32-19-20-33-36(42)43-27-44-45(32)33/h19-23,27,31,34-35,37,46-47H,3-18,25-26H2,1-2H3,(H,48,49)(H2,42,43,44)/t31-,34+,35-,37+,38+,39+/m0/s1. The van der Waals surface area contributed by atoms with Crippen LogP contribution >= 0.6 is 7.82 Å². The highest BCUT2D eigenvalue weighted by Crippen LogP contribution is 2.68. The number of anilines is 1. The molecule has 1 saturated heterocycles. The van der Waals surface area contributed by atoms with E-state index >= 15 is 0 Å². The van der Waals surface area contributed by atoms with Gasteiger partial charge in [0, 0.05) is 0 Å². The molecule has 2 fully saturated rings. The summed E-state index contributed by atoms with van der Waals surface area (Å²) in [4.78, 5) is 14.7. The molecule has 1 aliphatic heterocycles. The number of unbranched alkanes of at least 4 members (excludes halogenated alkanes) is 14. The molecule has 54 heavy (non-hydrogen) atoms. The molecule has 0 bridgehead atoms. The number of nitrogen functional groups attached to an aromatic ring is 1. The number of hydrogen-bond donors (Lipinski definition) is 4. The number of phosphoric ester groups is 1. The lowest BCUT2D eigenvalue weighted by atomic mass is 10.0. The molecule has 1 aromatic carbocycles. The van der Waals surface area contributed by atoms with Crippen molar-refractivity contribution in [2.45, 2.75) is 159 Å². The second kappa shape index (κ2) is 19.2. The fraction of sp³-hybridized carbons (Fsp3) is 0.667. The number of nitrogens with zero attached hydrogens (tertiary/aromatic N) is 4. The van der Waals surface area contributed by atoms with Crippen LogP contribution in [0.4, 0.5) is 10.2 Å². The van der Waals surface area contributed by atoms with Crippen molar-refractivity contribution in [3.63, 3.8) is 0 Å². The van der Waals surface area contributed by atoms with E-state index in [1.54, 1.807) is 12.1 Å². The van der Waals surface area contributed by atoms with Crippen molar-refractivity contribution >= 4 is 19.2 Å². The number of phosphoric acid groups is 1. The van der Waals surface area contributed by atoms with Crippen molar-refractivity contribution in [2.24, 2.45) is 0 Å². The van der Waals surface area contributed by atoms with Gasteiger partial charge >= 0.3 is 7.82 Å². The molecule has 2 aromatic heterocycles. The quantitative estimate of drug-likeness (QED) is 0.0487. The first-order valence-corrected chi connectivity index (χ1v) is 21.1. The second-order valence-electron chi connectivity index (χ2n) is 15.0. The normalized spacial score (nSPS) is 25.0. The number of hydrogen-bond acceptors (Lipinski definition) is 11. The number of aromatic nitrogens is 3. The Balaban J connectivity index is 1.08. The number of nitriles is 1. The van der Waals surface area contributed by atoms with Gasteiger partial charge in [-0.15, -0.1) is 0 Å². The fourth-order valence-corrected chi connectivity index (χ4v) is 8.67. The molecule has 3 aromatic rings. The zero-order valence-electron chi connectivity index (χ0n) is 31.6. The first kappa shape index (κ1) is 42.2. The van der Waals surface area contributed by atoms with Crippen LogP contribution in [0.25, 0.3) is 5.52 Å². The Labute approximate surface area is 317 Å². The molecule has 7 atom stereocenters. The van der Waals surface area contributed by atoms with Gasteiger partial charge in [0.2, 0.25) is 0 Å². The van der Waals surface area contributed by atoms with Gasteiger partial charge in [0.15, 0.2) is 11.4 Å². The average Bonchev–Trinajstić information content (AvgIpc) is 3.40. The molecule has 3 heterocycles. The Morgan fingerprint density at radius 3 is 2.26 bits per heavy atom. The van der Waals surface area contributed by atoms with E-state index in [2.05, 4.69) is 17.0 Å². The smallest absolute Gasteiger partial charge is 0.387 e. The summed E-state index contributed by atoms with van der Waals surface area (Å²) in [5.74, 6) is -0.338. The molecular weight excluding hydrogens is 716 g/mol. The summed E-state index contributed by atoms with van der Waals surface area (Å²) in [7, 11) is -4.80. The minimum Gasteiger partial charge on any atom is -0.387 e. The van der Waals surface area contributed by atoms with Crippen molar-refractivity contribution in [3.05, 3.63) is 59.3 Å². The topological polar surface area (TPSA) is 195 Å². The fourth-order valence-electron chi connectivity index (χ4n) is 7.63. The van der Waals surface area contributed by atoms with Crippen LogP contribution in [0, 0.1) is 17.1 Å². The maximum atomic E-state index is 14.1. The van der Waals surface area contributed by atoms with Crippen molar-refractivity contribution < 1.29 is 42.6 Å². The SMILES string of the molecule is CCCCCCCCCCCCCCCCC[C@@H](COP(=O)(O)O[C@H]1[C@]2(O)[C@@H](O)[C@@H](c3ccc4c(N)ncnn34)O[C@]12C)OCc1cc(F)cc(C#N)c1. The Hall–Kier alpha value is -2.99. The van der Waals surface area contributed by atoms with Gasteiger partial charge in [-0.3, -0.25) is 9.05 Å². The summed E-state index contributed by atoms with van der Waals surface area (Å²) in [6.45, 7) is 3.37. The average molecular weight is 774 g/mol. The molecule has 5 rings (SSSR count). The Bertz CT molecular complexity index is 1760. The molecule has 1 saturated carbocycles. The van der Waals surface area contributed by atoms with Crippen LogP contribution in [0.2, 0.25) is 0 Å².